The predicted octanol–water partition coefficient (Wildman–Crippen LogP) is 3.94. The van der Waals surface area contributed by atoms with Crippen LogP contribution in [0, 0.1) is 9.49 Å². The number of nitrogens with zero attached hydrogens (tertiary/aromatic N) is 3. The minimum Gasteiger partial charge on any atom is -0.363 e. The lowest BCUT2D eigenvalue weighted by atomic mass is 9.86. The standard InChI is InChI=1S/C20H27IN6O/c1-27(2)18-11-12-22-19(26-18)24-15-9-7-14(8-10-15)13-23-20(28)25-17-6-4-3-5-16(17)21/h3-6,11-12,14-15H,7-10,13H2,1-2H3,(H,22,24,26)(H2,23,25,28)/t14-,15+. The number of carbonyl (C=O) groups excluding carboxylic acids is 1. The summed E-state index contributed by atoms with van der Waals surface area (Å²) in [6.07, 6.45) is 6.05. The van der Waals surface area contributed by atoms with Gasteiger partial charge >= 0.3 is 6.03 Å². The highest BCUT2D eigenvalue weighted by Gasteiger charge is 2.22. The van der Waals surface area contributed by atoms with Crippen LogP contribution < -0.4 is 20.9 Å². The van der Waals surface area contributed by atoms with E-state index in [4.69, 9.17) is 0 Å². The van der Waals surface area contributed by atoms with Gasteiger partial charge in [-0.15, -0.1) is 0 Å². The Morgan fingerprint density at radius 2 is 1.93 bits per heavy atom. The number of hydrogen-bond acceptors (Lipinski definition) is 5. The summed E-state index contributed by atoms with van der Waals surface area (Å²) in [6.45, 7) is 0.703. The van der Waals surface area contributed by atoms with E-state index in [0.29, 0.717) is 24.5 Å². The minimum absolute atomic E-state index is 0.140. The van der Waals surface area contributed by atoms with Gasteiger partial charge in [0.05, 0.1) is 5.69 Å². The van der Waals surface area contributed by atoms with Crippen molar-refractivity contribution in [1.29, 1.82) is 0 Å². The fraction of sp³-hybridized carbons (Fsp3) is 0.450. The molecule has 1 saturated carbocycles. The number of carbonyl (C=O) groups is 1. The average Bonchev–Trinajstić information content (AvgIpc) is 2.69. The van der Waals surface area contributed by atoms with Crippen LogP contribution in [0.4, 0.5) is 22.2 Å². The third-order valence-electron chi connectivity index (χ3n) is 4.95. The Balaban J connectivity index is 1.40. The van der Waals surface area contributed by atoms with Crippen LogP contribution in [0.5, 0.6) is 0 Å². The SMILES string of the molecule is CN(C)c1ccnc(N[C@H]2CC[C@@H](CNC(=O)Nc3ccccc3I)CC2)n1. The maximum Gasteiger partial charge on any atom is 0.319 e. The van der Waals surface area contributed by atoms with E-state index in [2.05, 4.69) is 48.5 Å². The summed E-state index contributed by atoms with van der Waals surface area (Å²) in [5, 5.41) is 9.37. The fourth-order valence-electron chi connectivity index (χ4n) is 3.33. The molecule has 0 bridgehead atoms. The van der Waals surface area contributed by atoms with Gasteiger partial charge in [0, 0.05) is 36.4 Å². The van der Waals surface area contributed by atoms with Gasteiger partial charge in [0.2, 0.25) is 5.95 Å². The molecule has 1 aliphatic rings. The van der Waals surface area contributed by atoms with Gasteiger partial charge in [-0.25, -0.2) is 9.78 Å². The zero-order chi connectivity index (χ0) is 19.9. The molecular formula is C20H27IN6O. The molecule has 8 heteroatoms. The fourth-order valence-corrected chi connectivity index (χ4v) is 3.85. The zero-order valence-electron chi connectivity index (χ0n) is 16.3. The summed E-state index contributed by atoms with van der Waals surface area (Å²) >= 11 is 2.22. The normalized spacial score (nSPS) is 19.0. The van der Waals surface area contributed by atoms with Crippen LogP contribution in [0.3, 0.4) is 0 Å². The first-order chi connectivity index (χ1) is 13.5. The summed E-state index contributed by atoms with van der Waals surface area (Å²) in [7, 11) is 3.94. The first-order valence-electron chi connectivity index (χ1n) is 9.57. The Morgan fingerprint density at radius 3 is 2.64 bits per heavy atom. The van der Waals surface area contributed by atoms with Crippen molar-refractivity contribution in [2.75, 3.05) is 36.2 Å². The summed E-state index contributed by atoms with van der Waals surface area (Å²) in [4.78, 5) is 23.0. The molecule has 3 rings (SSSR count). The van der Waals surface area contributed by atoms with E-state index in [-0.39, 0.29) is 6.03 Å². The van der Waals surface area contributed by atoms with Crippen molar-refractivity contribution in [2.24, 2.45) is 5.92 Å². The van der Waals surface area contributed by atoms with Crippen LogP contribution in [0.1, 0.15) is 25.7 Å². The molecule has 7 nitrogen and oxygen atoms in total. The lowest BCUT2D eigenvalue weighted by molar-refractivity contribution is 0.246. The monoisotopic (exact) mass is 494 g/mol. The number of amides is 2. The topological polar surface area (TPSA) is 82.2 Å². The van der Waals surface area contributed by atoms with Gasteiger partial charge in [0.1, 0.15) is 5.82 Å². The van der Waals surface area contributed by atoms with E-state index in [1.807, 2.05) is 49.3 Å². The first-order valence-corrected chi connectivity index (χ1v) is 10.7. The molecule has 0 radical (unpaired) electrons. The molecule has 0 aliphatic heterocycles. The highest BCUT2D eigenvalue weighted by atomic mass is 127. The summed E-state index contributed by atoms with van der Waals surface area (Å²) in [5.74, 6) is 2.09. The van der Waals surface area contributed by atoms with Gasteiger partial charge in [-0.1, -0.05) is 12.1 Å². The van der Waals surface area contributed by atoms with Crippen molar-refractivity contribution < 1.29 is 4.79 Å². The number of anilines is 3. The maximum absolute atomic E-state index is 12.1. The molecule has 1 aromatic carbocycles. The Hall–Kier alpha value is -2.10. The van der Waals surface area contributed by atoms with E-state index in [1.54, 1.807) is 6.20 Å². The second kappa shape index (κ2) is 9.90. The van der Waals surface area contributed by atoms with Crippen LogP contribution in [-0.2, 0) is 0 Å². The van der Waals surface area contributed by atoms with Gasteiger partial charge in [0.15, 0.2) is 0 Å². The van der Waals surface area contributed by atoms with Crippen molar-refractivity contribution in [3.8, 4) is 0 Å². The van der Waals surface area contributed by atoms with Gasteiger partial charge in [0.25, 0.3) is 0 Å². The molecule has 1 aliphatic carbocycles. The summed E-state index contributed by atoms with van der Waals surface area (Å²) in [6, 6.07) is 9.90. The molecule has 28 heavy (non-hydrogen) atoms. The molecular weight excluding hydrogens is 467 g/mol. The van der Waals surface area contributed by atoms with Crippen molar-refractivity contribution >= 4 is 46.1 Å². The van der Waals surface area contributed by atoms with Crippen molar-refractivity contribution in [3.05, 3.63) is 40.1 Å². The van der Waals surface area contributed by atoms with E-state index in [0.717, 1.165) is 40.8 Å². The summed E-state index contributed by atoms with van der Waals surface area (Å²) < 4.78 is 1.03. The van der Waals surface area contributed by atoms with E-state index < -0.39 is 0 Å². The van der Waals surface area contributed by atoms with E-state index >= 15 is 0 Å². The predicted molar refractivity (Wildman–Crippen MR) is 122 cm³/mol. The number of aromatic nitrogens is 2. The number of halogens is 1. The van der Waals surface area contributed by atoms with Crippen LogP contribution in [-0.4, -0.2) is 42.7 Å². The van der Waals surface area contributed by atoms with Crippen LogP contribution in [0.15, 0.2) is 36.5 Å². The minimum atomic E-state index is -0.140. The van der Waals surface area contributed by atoms with Crippen molar-refractivity contribution in [1.82, 2.24) is 15.3 Å². The molecule has 0 unspecified atom stereocenters. The number of urea groups is 1. The Bertz CT molecular complexity index is 792. The summed E-state index contributed by atoms with van der Waals surface area (Å²) in [5.41, 5.74) is 0.841. The Kier molecular flexibility index (Phi) is 7.30. The number of para-hydroxylation sites is 1. The first kappa shape index (κ1) is 20.6. The van der Waals surface area contributed by atoms with Gasteiger partial charge in [-0.05, 0) is 72.4 Å². The third kappa shape index (κ3) is 5.95. The van der Waals surface area contributed by atoms with Gasteiger partial charge in [-0.2, -0.15) is 4.98 Å². The van der Waals surface area contributed by atoms with E-state index in [9.17, 15) is 4.79 Å². The smallest absolute Gasteiger partial charge is 0.319 e. The lowest BCUT2D eigenvalue weighted by Crippen LogP contribution is -2.36. The Labute approximate surface area is 179 Å². The number of rotatable bonds is 6. The maximum atomic E-state index is 12.1. The number of hydrogen-bond donors (Lipinski definition) is 3. The highest BCUT2D eigenvalue weighted by Crippen LogP contribution is 2.26. The zero-order valence-corrected chi connectivity index (χ0v) is 18.4. The third-order valence-corrected chi connectivity index (χ3v) is 5.89. The van der Waals surface area contributed by atoms with Crippen molar-refractivity contribution in [2.45, 2.75) is 31.7 Å². The molecule has 0 spiro atoms. The number of benzene rings is 1. The molecule has 150 valence electrons. The molecule has 1 aromatic heterocycles. The molecule has 2 aromatic rings. The molecule has 0 saturated heterocycles. The molecule has 1 fully saturated rings. The average molecular weight is 494 g/mol. The molecule has 3 N–H and O–H groups in total. The van der Waals surface area contributed by atoms with Crippen LogP contribution >= 0.6 is 22.6 Å². The molecule has 2 amide bonds. The molecule has 1 heterocycles. The largest absolute Gasteiger partial charge is 0.363 e. The van der Waals surface area contributed by atoms with Crippen molar-refractivity contribution in [3.63, 3.8) is 0 Å². The second-order valence-electron chi connectivity index (χ2n) is 7.31. The van der Waals surface area contributed by atoms with Gasteiger partial charge < -0.3 is 20.9 Å². The highest BCUT2D eigenvalue weighted by molar-refractivity contribution is 14.1. The van der Waals surface area contributed by atoms with Crippen LogP contribution in [0.2, 0.25) is 0 Å². The second-order valence-corrected chi connectivity index (χ2v) is 8.47. The Morgan fingerprint density at radius 1 is 1.18 bits per heavy atom. The quantitative estimate of drug-likeness (QED) is 0.531. The van der Waals surface area contributed by atoms with Crippen LogP contribution in [0.25, 0.3) is 0 Å². The van der Waals surface area contributed by atoms with E-state index in [1.165, 1.54) is 0 Å². The lowest BCUT2D eigenvalue weighted by Gasteiger charge is -2.29. The number of nitrogens with one attached hydrogen (secondary N) is 3. The van der Waals surface area contributed by atoms with Gasteiger partial charge in [-0.3, -0.25) is 0 Å². The molecule has 0 atom stereocenters.